The molecular weight excluding hydrogens is 476 g/mol. The van der Waals surface area contributed by atoms with Gasteiger partial charge in [-0.2, -0.15) is 0 Å². The monoisotopic (exact) mass is 512 g/mol. The maximum atomic E-state index is 10.7. The molecule has 4 rings (SSSR count). The molecule has 0 amide bonds. The molecule has 0 fully saturated rings. The van der Waals surface area contributed by atoms with Crippen LogP contribution in [0.4, 0.5) is 0 Å². The van der Waals surface area contributed by atoms with Gasteiger partial charge in [-0.1, -0.05) is 112 Å². The number of benzene rings is 4. The van der Waals surface area contributed by atoms with Crippen molar-refractivity contribution in [3.63, 3.8) is 0 Å². The summed E-state index contributed by atoms with van der Waals surface area (Å²) < 4.78 is 0. The molecule has 1 N–H and O–H groups in total. The number of rotatable bonds is 11. The van der Waals surface area contributed by atoms with Crippen molar-refractivity contribution in [2.24, 2.45) is 0 Å². The largest absolute Gasteiger partial charge is 0.872 e. The summed E-state index contributed by atoms with van der Waals surface area (Å²) in [6, 6.07) is 36.7. The van der Waals surface area contributed by atoms with Crippen molar-refractivity contribution < 1.29 is 15.0 Å². The number of unbranched alkanes of at least 4 members (excludes halogenated alkanes) is 5. The minimum atomic E-state index is -1.18. The average molecular weight is 513 g/mol. The zero-order valence-corrected chi connectivity index (χ0v) is 22.3. The Hall–Kier alpha value is -3.50. The summed E-state index contributed by atoms with van der Waals surface area (Å²) in [5.74, 6) is -1.62. The third-order valence-electron chi connectivity index (χ3n) is 6.05. The van der Waals surface area contributed by atoms with Crippen molar-refractivity contribution in [1.29, 1.82) is 0 Å². The standard InChI is InChI=1S/C26H31S.C7H6O3/c1-2-3-4-5-6-9-14-23-19-21-26(22-20-23)27(24-15-10-7-11-16-24)25-17-12-8-13-18-25;8-6-4-2-1-3-5(6)7(9)10/h7-8,10-13,15-22H,2-6,9,14H2,1H3;1-4,8H,(H,9,10)/q+1;/p-1. The average Bonchev–Trinajstić information content (AvgIpc) is 2.93. The van der Waals surface area contributed by atoms with E-state index < -0.39 is 11.7 Å². The van der Waals surface area contributed by atoms with Gasteiger partial charge in [0.15, 0.2) is 14.7 Å². The van der Waals surface area contributed by atoms with Crippen LogP contribution in [0.2, 0.25) is 0 Å². The van der Waals surface area contributed by atoms with Gasteiger partial charge in [0.2, 0.25) is 0 Å². The topological polar surface area (TPSA) is 60.4 Å². The van der Waals surface area contributed by atoms with E-state index in [0.717, 1.165) is 0 Å². The Labute approximate surface area is 224 Å². The number of aromatic carboxylic acids is 1. The molecule has 0 heterocycles. The van der Waals surface area contributed by atoms with Crippen LogP contribution in [0.5, 0.6) is 5.75 Å². The predicted octanol–water partition coefficient (Wildman–Crippen LogP) is 8.14. The first kappa shape index (κ1) is 28.1. The molecule has 0 radical (unpaired) electrons. The van der Waals surface area contributed by atoms with Crippen molar-refractivity contribution in [1.82, 2.24) is 0 Å². The Bertz CT molecular complexity index is 1150. The zero-order valence-electron chi connectivity index (χ0n) is 21.5. The number of carboxylic acids is 1. The van der Waals surface area contributed by atoms with Gasteiger partial charge >= 0.3 is 5.97 Å². The van der Waals surface area contributed by atoms with Gasteiger partial charge in [0, 0.05) is 0 Å². The highest BCUT2D eigenvalue weighted by Gasteiger charge is 2.27. The Balaban J connectivity index is 0.000000319. The maximum absolute atomic E-state index is 10.7. The number of aryl methyl sites for hydroxylation is 1. The van der Waals surface area contributed by atoms with Gasteiger partial charge in [-0.15, -0.1) is 0 Å². The van der Waals surface area contributed by atoms with Crippen LogP contribution in [0.1, 0.15) is 61.4 Å². The Morgan fingerprint density at radius 1 is 0.649 bits per heavy atom. The lowest BCUT2D eigenvalue weighted by Crippen LogP contribution is -2.04. The van der Waals surface area contributed by atoms with Gasteiger partial charge < -0.3 is 10.2 Å². The molecule has 37 heavy (non-hydrogen) atoms. The highest BCUT2D eigenvalue weighted by molar-refractivity contribution is 7.97. The first-order chi connectivity index (χ1) is 18.1. The lowest BCUT2D eigenvalue weighted by atomic mass is 10.1. The molecule has 0 aliphatic rings. The Morgan fingerprint density at radius 2 is 1.14 bits per heavy atom. The van der Waals surface area contributed by atoms with Crippen molar-refractivity contribution in [2.75, 3.05) is 0 Å². The van der Waals surface area contributed by atoms with Gasteiger partial charge in [-0.25, -0.2) is 4.79 Å². The third kappa shape index (κ3) is 9.14. The molecule has 0 aliphatic heterocycles. The van der Waals surface area contributed by atoms with E-state index in [1.807, 2.05) is 0 Å². The molecule has 0 bridgehead atoms. The summed E-state index contributed by atoms with van der Waals surface area (Å²) in [7, 11) is -0.0341. The molecule has 0 saturated heterocycles. The summed E-state index contributed by atoms with van der Waals surface area (Å²) in [5.41, 5.74) is 1.29. The van der Waals surface area contributed by atoms with Crippen LogP contribution in [0.15, 0.2) is 124 Å². The second kappa shape index (κ2) is 15.6. The summed E-state index contributed by atoms with van der Waals surface area (Å²) >= 11 is 0. The first-order valence-electron chi connectivity index (χ1n) is 13.0. The molecule has 0 saturated carbocycles. The SMILES string of the molecule is CCCCCCCCc1ccc([S+](c2ccccc2)c2ccccc2)cc1.O=C(O)c1ccccc1[O-]. The predicted molar refractivity (Wildman–Crippen MR) is 151 cm³/mol. The maximum Gasteiger partial charge on any atom is 0.335 e. The summed E-state index contributed by atoms with van der Waals surface area (Å²) in [4.78, 5) is 14.4. The van der Waals surface area contributed by atoms with Crippen LogP contribution in [0.25, 0.3) is 0 Å². The minimum absolute atomic E-state index is 0.0341. The molecule has 0 spiro atoms. The molecule has 0 aliphatic carbocycles. The highest BCUT2D eigenvalue weighted by atomic mass is 32.2. The molecular formula is C33H36O3S. The van der Waals surface area contributed by atoms with E-state index >= 15 is 0 Å². The van der Waals surface area contributed by atoms with Gasteiger partial charge in [0.1, 0.15) is 0 Å². The van der Waals surface area contributed by atoms with Crippen molar-refractivity contribution in [3.8, 4) is 5.75 Å². The quantitative estimate of drug-likeness (QED) is 0.163. The van der Waals surface area contributed by atoms with Crippen molar-refractivity contribution in [2.45, 2.75) is 66.6 Å². The third-order valence-corrected chi connectivity index (χ3v) is 8.28. The van der Waals surface area contributed by atoms with Gasteiger partial charge in [-0.05, 0) is 60.9 Å². The smallest absolute Gasteiger partial charge is 0.335 e. The number of carboxylic acid groups (broad SMARTS) is 1. The first-order valence-corrected chi connectivity index (χ1v) is 14.2. The molecule has 0 atom stereocenters. The fourth-order valence-corrected chi connectivity index (χ4v) is 6.15. The highest BCUT2D eigenvalue weighted by Crippen LogP contribution is 2.31. The van der Waals surface area contributed by atoms with Crippen molar-refractivity contribution in [3.05, 3.63) is 120 Å². The van der Waals surface area contributed by atoms with Gasteiger partial charge in [0.25, 0.3) is 0 Å². The van der Waals surface area contributed by atoms with Gasteiger partial charge in [-0.3, -0.25) is 0 Å². The van der Waals surface area contributed by atoms with E-state index in [4.69, 9.17) is 5.11 Å². The summed E-state index contributed by atoms with van der Waals surface area (Å²) in [6.07, 6.45) is 9.37. The molecule has 3 nitrogen and oxygen atoms in total. The van der Waals surface area contributed by atoms with E-state index in [0.29, 0.717) is 0 Å². The van der Waals surface area contributed by atoms with E-state index in [2.05, 4.69) is 91.9 Å². The lowest BCUT2D eigenvalue weighted by Gasteiger charge is -2.09. The number of para-hydroxylation sites is 1. The fraction of sp³-hybridized carbons (Fsp3) is 0.242. The molecule has 4 heteroatoms. The molecule has 0 aromatic heterocycles. The van der Waals surface area contributed by atoms with E-state index in [9.17, 15) is 9.90 Å². The van der Waals surface area contributed by atoms with Crippen LogP contribution in [-0.2, 0) is 17.3 Å². The number of hydrogen-bond donors (Lipinski definition) is 1. The van der Waals surface area contributed by atoms with Crippen molar-refractivity contribution >= 4 is 16.9 Å². The molecule has 4 aromatic rings. The number of carbonyl (C=O) groups is 1. The minimum Gasteiger partial charge on any atom is -0.872 e. The van der Waals surface area contributed by atoms with E-state index in [1.54, 1.807) is 0 Å². The van der Waals surface area contributed by atoms with Gasteiger partial charge in [0.05, 0.1) is 16.5 Å². The number of hydrogen-bond acceptors (Lipinski definition) is 2. The normalized spacial score (nSPS) is 10.5. The van der Waals surface area contributed by atoms with Crippen LogP contribution < -0.4 is 5.11 Å². The second-order valence-corrected chi connectivity index (χ2v) is 10.9. The zero-order chi connectivity index (χ0) is 26.3. The molecule has 4 aromatic carbocycles. The van der Waals surface area contributed by atoms with E-state index in [1.165, 1.54) is 89.5 Å². The van der Waals surface area contributed by atoms with Crippen LogP contribution in [0, 0.1) is 0 Å². The second-order valence-electron chi connectivity index (χ2n) is 8.90. The van der Waals surface area contributed by atoms with Crippen LogP contribution in [-0.4, -0.2) is 11.1 Å². The molecule has 192 valence electrons. The summed E-state index contributed by atoms with van der Waals surface area (Å²) in [6.45, 7) is 2.28. The lowest BCUT2D eigenvalue weighted by molar-refractivity contribution is -0.268. The molecule has 0 unspecified atom stereocenters. The Morgan fingerprint density at radius 3 is 1.65 bits per heavy atom. The fourth-order valence-electron chi connectivity index (χ4n) is 4.07. The van der Waals surface area contributed by atoms with Crippen LogP contribution in [0.3, 0.4) is 0 Å². The van der Waals surface area contributed by atoms with Crippen LogP contribution >= 0.6 is 0 Å². The Kier molecular flexibility index (Phi) is 11.8. The van der Waals surface area contributed by atoms with E-state index in [-0.39, 0.29) is 16.5 Å². The summed E-state index contributed by atoms with van der Waals surface area (Å²) in [5, 5.41) is 19.0.